The highest BCUT2D eigenvalue weighted by molar-refractivity contribution is 7.37. The predicted octanol–water partition coefficient (Wildman–Crippen LogP) is 1.07. The molecule has 0 saturated heterocycles. The molecule has 0 bridgehead atoms. The van der Waals surface area contributed by atoms with Gasteiger partial charge in [-0.25, -0.2) is 0 Å². The lowest BCUT2D eigenvalue weighted by Gasteiger charge is -2.23. The van der Waals surface area contributed by atoms with Gasteiger partial charge in [0.1, 0.15) is 6.35 Å². The van der Waals surface area contributed by atoms with Crippen molar-refractivity contribution in [2.75, 3.05) is 6.35 Å². The molecule has 5 nitrogen and oxygen atoms in total. The number of rotatable bonds is 6. The van der Waals surface area contributed by atoms with Crippen molar-refractivity contribution in [2.24, 2.45) is 0 Å². The zero-order valence-corrected chi connectivity index (χ0v) is 8.74. The van der Waals surface area contributed by atoms with E-state index in [4.69, 9.17) is 14.7 Å². The van der Waals surface area contributed by atoms with Crippen LogP contribution in [0.4, 0.5) is 0 Å². The Balaban J connectivity index is 3.79. The van der Waals surface area contributed by atoms with Crippen molar-refractivity contribution in [3.8, 4) is 0 Å². The van der Waals surface area contributed by atoms with Gasteiger partial charge in [0.25, 0.3) is 0 Å². The molecule has 0 amide bonds. The zero-order chi connectivity index (χ0) is 10.5. The van der Waals surface area contributed by atoms with Crippen LogP contribution in [0.5, 0.6) is 0 Å². The third kappa shape index (κ3) is 7.96. The number of hydrogen-bond acceptors (Lipinski definition) is 3. The molecule has 0 rings (SSSR count). The van der Waals surface area contributed by atoms with Gasteiger partial charge in [-0.3, -0.25) is 9.36 Å². The lowest BCUT2D eigenvalue weighted by atomic mass is 10.0. The molecular formula is C7H15O5P. The van der Waals surface area contributed by atoms with E-state index in [2.05, 4.69) is 0 Å². The Hall–Kier alpha value is -0.380. The van der Waals surface area contributed by atoms with Gasteiger partial charge in [-0.2, -0.15) is 0 Å². The summed E-state index contributed by atoms with van der Waals surface area (Å²) in [7, 11) is -2.63. The molecular weight excluding hydrogens is 195 g/mol. The Morgan fingerprint density at radius 1 is 1.54 bits per heavy atom. The summed E-state index contributed by atoms with van der Waals surface area (Å²) in [5.41, 5.74) is -0.651. The van der Waals surface area contributed by atoms with Crippen LogP contribution in [0.1, 0.15) is 26.7 Å². The fraction of sp³-hybridized carbons (Fsp3) is 0.857. The van der Waals surface area contributed by atoms with Crippen LogP contribution in [0.15, 0.2) is 0 Å². The summed E-state index contributed by atoms with van der Waals surface area (Å²) in [5.74, 6) is -0.895. The van der Waals surface area contributed by atoms with Gasteiger partial charge in [0.2, 0.25) is 8.03 Å². The smallest absolute Gasteiger partial charge is 0.303 e. The molecule has 1 atom stereocenters. The van der Waals surface area contributed by atoms with Gasteiger partial charge < -0.3 is 14.7 Å². The predicted molar refractivity (Wildman–Crippen MR) is 48.1 cm³/mol. The summed E-state index contributed by atoms with van der Waals surface area (Å²) >= 11 is 0. The second-order valence-electron chi connectivity index (χ2n) is 3.34. The zero-order valence-electron chi connectivity index (χ0n) is 7.74. The second-order valence-corrected chi connectivity index (χ2v) is 4.41. The lowest BCUT2D eigenvalue weighted by Crippen LogP contribution is -2.25. The number of carboxylic acid groups (broad SMARTS) is 1. The average molecular weight is 210 g/mol. The van der Waals surface area contributed by atoms with Crippen molar-refractivity contribution in [3.05, 3.63) is 0 Å². The molecule has 0 aliphatic heterocycles. The minimum absolute atomic E-state index is 0.000635. The molecule has 0 aromatic rings. The monoisotopic (exact) mass is 210 g/mol. The van der Waals surface area contributed by atoms with Crippen LogP contribution in [0.3, 0.4) is 0 Å². The molecule has 0 fully saturated rings. The van der Waals surface area contributed by atoms with Crippen molar-refractivity contribution in [1.82, 2.24) is 0 Å². The van der Waals surface area contributed by atoms with E-state index in [1.807, 2.05) is 0 Å². The van der Waals surface area contributed by atoms with Crippen LogP contribution in [0, 0.1) is 0 Å². The van der Waals surface area contributed by atoms with E-state index >= 15 is 0 Å². The molecule has 0 aliphatic rings. The van der Waals surface area contributed by atoms with E-state index in [-0.39, 0.29) is 12.8 Å². The number of hydrogen-bond donors (Lipinski definition) is 2. The van der Waals surface area contributed by atoms with E-state index in [0.29, 0.717) is 6.42 Å². The first-order valence-corrected chi connectivity index (χ1v) is 5.47. The van der Waals surface area contributed by atoms with Gasteiger partial charge in [0, 0.05) is 6.42 Å². The van der Waals surface area contributed by atoms with Crippen LogP contribution in [0.25, 0.3) is 0 Å². The average Bonchev–Trinajstić information content (AvgIpc) is 1.98. The van der Waals surface area contributed by atoms with Crippen LogP contribution in [-0.4, -0.2) is 27.9 Å². The van der Waals surface area contributed by atoms with E-state index in [1.54, 1.807) is 13.8 Å². The minimum atomic E-state index is -2.63. The first kappa shape index (κ1) is 12.6. The van der Waals surface area contributed by atoms with E-state index < -0.39 is 19.6 Å². The van der Waals surface area contributed by atoms with Crippen LogP contribution in [0.2, 0.25) is 0 Å². The Bertz CT molecular complexity index is 181. The van der Waals surface area contributed by atoms with Crippen LogP contribution < -0.4 is 0 Å². The Morgan fingerprint density at radius 2 is 2.08 bits per heavy atom. The highest BCUT2D eigenvalue weighted by Gasteiger charge is 2.20. The molecule has 0 aromatic heterocycles. The largest absolute Gasteiger partial charge is 0.481 e. The van der Waals surface area contributed by atoms with Crippen molar-refractivity contribution in [2.45, 2.75) is 32.3 Å². The van der Waals surface area contributed by atoms with Gasteiger partial charge in [-0.15, -0.1) is 0 Å². The molecule has 0 spiro atoms. The molecule has 0 saturated carbocycles. The summed E-state index contributed by atoms with van der Waals surface area (Å²) in [5, 5.41) is 8.39. The van der Waals surface area contributed by atoms with Crippen LogP contribution in [-0.2, 0) is 14.1 Å². The molecule has 78 valence electrons. The molecule has 0 heterocycles. The lowest BCUT2D eigenvalue weighted by molar-refractivity contribution is -0.138. The van der Waals surface area contributed by atoms with Crippen molar-refractivity contribution in [3.63, 3.8) is 0 Å². The fourth-order valence-corrected chi connectivity index (χ4v) is 1.25. The highest BCUT2D eigenvalue weighted by atomic mass is 31.1. The normalized spacial score (nSPS) is 14.1. The Morgan fingerprint density at radius 3 is 2.46 bits per heavy atom. The number of aliphatic carboxylic acids is 1. The van der Waals surface area contributed by atoms with Gasteiger partial charge >= 0.3 is 5.97 Å². The summed E-state index contributed by atoms with van der Waals surface area (Å²) in [6, 6.07) is 0. The summed E-state index contributed by atoms with van der Waals surface area (Å²) in [6.45, 7) is 3.39. The van der Waals surface area contributed by atoms with Gasteiger partial charge in [0.05, 0.1) is 5.60 Å². The first-order chi connectivity index (χ1) is 5.83. The van der Waals surface area contributed by atoms with E-state index in [0.717, 1.165) is 0 Å². The maximum atomic E-state index is 10.3. The molecule has 6 heteroatoms. The summed E-state index contributed by atoms with van der Waals surface area (Å²) in [6.07, 6.45) is 0.119. The minimum Gasteiger partial charge on any atom is -0.481 e. The maximum Gasteiger partial charge on any atom is 0.303 e. The second kappa shape index (κ2) is 5.37. The summed E-state index contributed by atoms with van der Waals surface area (Å²) in [4.78, 5) is 18.7. The standard InChI is InChI=1S/C7H15O5P/c1-7(2,4-3-6(8)9)12-5-13(10)11/h13H,3-5H2,1-2H3,(H,8,9)(H,10,11). The van der Waals surface area contributed by atoms with Crippen molar-refractivity contribution in [1.29, 1.82) is 0 Å². The maximum absolute atomic E-state index is 10.3. The first-order valence-electron chi connectivity index (χ1n) is 3.91. The quantitative estimate of drug-likeness (QED) is 0.640. The Kier molecular flexibility index (Phi) is 5.21. The molecule has 2 N–H and O–H groups in total. The fourth-order valence-electron chi connectivity index (χ4n) is 0.737. The SMILES string of the molecule is CC(C)(CCC(=O)O)OC[PH](=O)O. The van der Waals surface area contributed by atoms with Crippen molar-refractivity contribution < 1.29 is 24.1 Å². The van der Waals surface area contributed by atoms with Crippen molar-refractivity contribution >= 4 is 14.0 Å². The summed E-state index contributed by atoms with van der Waals surface area (Å²) < 4.78 is 15.4. The molecule has 1 unspecified atom stereocenters. The molecule has 13 heavy (non-hydrogen) atoms. The Labute approximate surface area is 77.6 Å². The van der Waals surface area contributed by atoms with Crippen LogP contribution >= 0.6 is 8.03 Å². The van der Waals surface area contributed by atoms with Gasteiger partial charge in [-0.1, -0.05) is 0 Å². The third-order valence-electron chi connectivity index (χ3n) is 1.53. The number of ether oxygens (including phenoxy) is 1. The van der Waals surface area contributed by atoms with Gasteiger partial charge in [0.15, 0.2) is 0 Å². The highest BCUT2D eigenvalue weighted by Crippen LogP contribution is 2.22. The molecule has 0 aliphatic carbocycles. The van der Waals surface area contributed by atoms with E-state index in [1.165, 1.54) is 0 Å². The molecule has 0 radical (unpaired) electrons. The number of carbonyl (C=O) groups is 1. The number of carboxylic acids is 1. The molecule has 0 aromatic carbocycles. The third-order valence-corrected chi connectivity index (χ3v) is 1.92. The topological polar surface area (TPSA) is 83.8 Å². The van der Waals surface area contributed by atoms with Gasteiger partial charge in [-0.05, 0) is 20.3 Å². The van der Waals surface area contributed by atoms with E-state index in [9.17, 15) is 9.36 Å².